The van der Waals surface area contributed by atoms with Gasteiger partial charge >= 0.3 is 0 Å². The maximum absolute atomic E-state index is 6.28. The monoisotopic (exact) mass is 324 g/mol. The van der Waals surface area contributed by atoms with Crippen molar-refractivity contribution in [3.63, 3.8) is 0 Å². The quantitative estimate of drug-likeness (QED) is 0.445. The number of aromatic nitrogens is 2. The van der Waals surface area contributed by atoms with E-state index < -0.39 is 0 Å². The molecule has 0 amide bonds. The molecule has 4 heteroatoms. The normalized spacial score (nSPS) is 11.2. The summed E-state index contributed by atoms with van der Waals surface area (Å²) in [6, 6.07) is 15.5. The first-order chi connectivity index (χ1) is 10.8. The van der Waals surface area contributed by atoms with Gasteiger partial charge in [-0.15, -0.1) is 0 Å². The third kappa shape index (κ3) is 2.04. The Labute approximate surface area is 137 Å². The minimum absolute atomic E-state index is 0.693. The zero-order valence-corrected chi connectivity index (χ0v) is 12.9. The predicted octanol–water partition coefficient (Wildman–Crippen LogP) is 5.76. The first kappa shape index (κ1) is 13.5. The average Bonchev–Trinajstić information content (AvgIpc) is 2.57. The average molecular weight is 325 g/mol. The lowest BCUT2D eigenvalue weighted by Gasteiger charge is -2.10. The summed E-state index contributed by atoms with van der Waals surface area (Å²) < 4.78 is 0. The van der Waals surface area contributed by atoms with Crippen LogP contribution >= 0.6 is 23.2 Å². The summed E-state index contributed by atoms with van der Waals surface area (Å²) in [5.41, 5.74) is 3.73. The molecule has 0 bridgehead atoms. The smallest absolute Gasteiger partial charge is 0.0796 e. The number of hydrogen-bond donors (Lipinski definition) is 0. The van der Waals surface area contributed by atoms with Gasteiger partial charge < -0.3 is 0 Å². The standard InChI is InChI=1S/C18H10Cl2N2/c19-15-7-5-11(17-13(15)3-1-9-21-17)12-6-8-16(20)14-4-2-10-22-18(12)14/h1-10H. The third-order valence-electron chi connectivity index (χ3n) is 3.72. The van der Waals surface area contributed by atoms with Gasteiger partial charge in [0.2, 0.25) is 0 Å². The highest BCUT2D eigenvalue weighted by atomic mass is 35.5. The first-order valence-corrected chi connectivity index (χ1v) is 7.58. The molecule has 0 aliphatic rings. The fraction of sp³-hybridized carbons (Fsp3) is 0. The third-order valence-corrected chi connectivity index (χ3v) is 4.38. The summed E-state index contributed by atoms with van der Waals surface area (Å²) in [5, 5.41) is 3.25. The van der Waals surface area contributed by atoms with E-state index >= 15 is 0 Å². The van der Waals surface area contributed by atoms with Crippen LogP contribution in [0.2, 0.25) is 10.0 Å². The van der Waals surface area contributed by atoms with E-state index in [0.29, 0.717) is 10.0 Å². The van der Waals surface area contributed by atoms with Crippen molar-refractivity contribution in [1.29, 1.82) is 0 Å². The summed E-state index contributed by atoms with van der Waals surface area (Å²) in [6.07, 6.45) is 3.54. The lowest BCUT2D eigenvalue weighted by Crippen LogP contribution is -1.89. The van der Waals surface area contributed by atoms with Crippen molar-refractivity contribution in [3.05, 3.63) is 71.0 Å². The number of nitrogens with zero attached hydrogens (tertiary/aromatic N) is 2. The molecule has 2 nitrogen and oxygen atoms in total. The molecule has 2 aromatic heterocycles. The molecule has 4 rings (SSSR count). The summed E-state index contributed by atoms with van der Waals surface area (Å²) in [6.45, 7) is 0. The summed E-state index contributed by atoms with van der Waals surface area (Å²) in [7, 11) is 0. The van der Waals surface area contributed by atoms with Crippen LogP contribution in [0.5, 0.6) is 0 Å². The van der Waals surface area contributed by atoms with Crippen molar-refractivity contribution >= 4 is 45.0 Å². The van der Waals surface area contributed by atoms with Gasteiger partial charge in [0.05, 0.1) is 21.1 Å². The van der Waals surface area contributed by atoms with Crippen molar-refractivity contribution in [3.8, 4) is 11.1 Å². The highest BCUT2D eigenvalue weighted by Gasteiger charge is 2.12. The van der Waals surface area contributed by atoms with Crippen molar-refractivity contribution in [2.75, 3.05) is 0 Å². The number of rotatable bonds is 1. The molecule has 0 unspecified atom stereocenters. The second-order valence-corrected chi connectivity index (χ2v) is 5.80. The predicted molar refractivity (Wildman–Crippen MR) is 92.5 cm³/mol. The number of benzene rings is 2. The molecular weight excluding hydrogens is 315 g/mol. The van der Waals surface area contributed by atoms with Gasteiger partial charge in [0.15, 0.2) is 0 Å². The Hall–Kier alpha value is -2.16. The van der Waals surface area contributed by atoms with E-state index in [0.717, 1.165) is 32.9 Å². The molecule has 4 aromatic rings. The van der Waals surface area contributed by atoms with Crippen molar-refractivity contribution in [2.45, 2.75) is 0 Å². The molecule has 0 radical (unpaired) electrons. The van der Waals surface area contributed by atoms with E-state index in [4.69, 9.17) is 23.2 Å². The molecule has 2 heterocycles. The molecule has 0 N–H and O–H groups in total. The van der Waals surface area contributed by atoms with Gasteiger partial charge in [0, 0.05) is 34.3 Å². The van der Waals surface area contributed by atoms with E-state index in [1.165, 1.54) is 0 Å². The van der Waals surface area contributed by atoms with Crippen LogP contribution < -0.4 is 0 Å². The SMILES string of the molecule is Clc1ccc(-c2ccc(Cl)c3cccnc23)c2ncccc12. The highest BCUT2D eigenvalue weighted by Crippen LogP contribution is 2.36. The van der Waals surface area contributed by atoms with Gasteiger partial charge in [-0.25, -0.2) is 0 Å². The molecule has 0 spiro atoms. The van der Waals surface area contributed by atoms with Crippen molar-refractivity contribution in [1.82, 2.24) is 9.97 Å². The Morgan fingerprint density at radius 1 is 0.591 bits per heavy atom. The topological polar surface area (TPSA) is 25.8 Å². The molecule has 2 aromatic carbocycles. The molecule has 0 saturated carbocycles. The summed E-state index contributed by atoms with van der Waals surface area (Å²) >= 11 is 12.6. The molecule has 22 heavy (non-hydrogen) atoms. The zero-order valence-electron chi connectivity index (χ0n) is 11.4. The van der Waals surface area contributed by atoms with Crippen molar-refractivity contribution < 1.29 is 0 Å². The van der Waals surface area contributed by atoms with Crippen LogP contribution in [0.1, 0.15) is 0 Å². The van der Waals surface area contributed by atoms with Gasteiger partial charge in [-0.3, -0.25) is 9.97 Å². The Bertz CT molecular complexity index is 929. The van der Waals surface area contributed by atoms with E-state index in [-0.39, 0.29) is 0 Å². The largest absolute Gasteiger partial charge is 0.256 e. The van der Waals surface area contributed by atoms with Crippen LogP contribution in [0.4, 0.5) is 0 Å². The summed E-state index contributed by atoms with van der Waals surface area (Å²) in [4.78, 5) is 9.00. The van der Waals surface area contributed by atoms with E-state index in [1.54, 1.807) is 12.4 Å². The van der Waals surface area contributed by atoms with E-state index in [1.807, 2.05) is 48.5 Å². The van der Waals surface area contributed by atoms with Gasteiger partial charge in [-0.05, 0) is 36.4 Å². The lowest BCUT2D eigenvalue weighted by molar-refractivity contribution is 1.39. The minimum Gasteiger partial charge on any atom is -0.256 e. The lowest BCUT2D eigenvalue weighted by atomic mass is 9.99. The van der Waals surface area contributed by atoms with Gasteiger partial charge in [-0.2, -0.15) is 0 Å². The first-order valence-electron chi connectivity index (χ1n) is 6.82. The van der Waals surface area contributed by atoms with Crippen LogP contribution in [0.15, 0.2) is 60.9 Å². The van der Waals surface area contributed by atoms with Crippen molar-refractivity contribution in [2.24, 2.45) is 0 Å². The highest BCUT2D eigenvalue weighted by molar-refractivity contribution is 6.37. The number of fused-ring (bicyclic) bond motifs is 2. The van der Waals surface area contributed by atoms with Crippen LogP contribution in [0.3, 0.4) is 0 Å². The number of hydrogen-bond acceptors (Lipinski definition) is 2. The van der Waals surface area contributed by atoms with Crippen LogP contribution in [-0.4, -0.2) is 9.97 Å². The molecule has 0 aliphatic heterocycles. The van der Waals surface area contributed by atoms with Gasteiger partial charge in [0.25, 0.3) is 0 Å². The van der Waals surface area contributed by atoms with Crippen LogP contribution in [0, 0.1) is 0 Å². The van der Waals surface area contributed by atoms with Gasteiger partial charge in [-0.1, -0.05) is 35.3 Å². The second kappa shape index (κ2) is 5.24. The van der Waals surface area contributed by atoms with Crippen LogP contribution in [-0.2, 0) is 0 Å². The fourth-order valence-electron chi connectivity index (χ4n) is 2.71. The maximum Gasteiger partial charge on any atom is 0.0796 e. The van der Waals surface area contributed by atoms with Gasteiger partial charge in [0.1, 0.15) is 0 Å². The Morgan fingerprint density at radius 3 is 1.50 bits per heavy atom. The molecule has 0 fully saturated rings. The van der Waals surface area contributed by atoms with Crippen LogP contribution in [0.25, 0.3) is 32.9 Å². The maximum atomic E-state index is 6.28. The molecule has 0 aliphatic carbocycles. The molecule has 0 atom stereocenters. The fourth-order valence-corrected chi connectivity index (χ4v) is 3.14. The second-order valence-electron chi connectivity index (χ2n) is 4.99. The number of pyridine rings is 2. The Kier molecular flexibility index (Phi) is 3.21. The molecule has 106 valence electrons. The Balaban J connectivity index is 2.13. The van der Waals surface area contributed by atoms with E-state index in [9.17, 15) is 0 Å². The summed E-state index contributed by atoms with van der Waals surface area (Å²) in [5.74, 6) is 0. The zero-order chi connectivity index (χ0) is 15.1. The van der Waals surface area contributed by atoms with E-state index in [2.05, 4.69) is 9.97 Å². The number of halogens is 2. The Morgan fingerprint density at radius 2 is 1.05 bits per heavy atom. The molecular formula is C18H10Cl2N2. The molecule has 0 saturated heterocycles. The minimum atomic E-state index is 0.693.